The van der Waals surface area contributed by atoms with Gasteiger partial charge in [-0.15, -0.1) is 11.3 Å². The van der Waals surface area contributed by atoms with Crippen LogP contribution >= 0.6 is 22.9 Å². The predicted molar refractivity (Wildman–Crippen MR) is 89.8 cm³/mol. The SMILES string of the molecule is CC(C)N(CCCO)Cc1csc(-c2ccccc2Cl)n1. The first-order chi connectivity index (χ1) is 10.1. The molecule has 0 saturated carbocycles. The Kier molecular flexibility index (Phi) is 6.18. The van der Waals surface area contributed by atoms with Crippen LogP contribution in [0.25, 0.3) is 10.6 Å². The van der Waals surface area contributed by atoms with E-state index in [4.69, 9.17) is 21.7 Å². The molecule has 0 fully saturated rings. The number of aliphatic hydroxyl groups excluding tert-OH is 1. The van der Waals surface area contributed by atoms with Crippen LogP contribution < -0.4 is 0 Å². The van der Waals surface area contributed by atoms with Crippen molar-refractivity contribution in [2.75, 3.05) is 13.2 Å². The van der Waals surface area contributed by atoms with Crippen LogP contribution in [0.4, 0.5) is 0 Å². The van der Waals surface area contributed by atoms with Crippen LogP contribution in [-0.2, 0) is 6.54 Å². The lowest BCUT2D eigenvalue weighted by Gasteiger charge is -2.25. The maximum atomic E-state index is 8.99. The lowest BCUT2D eigenvalue weighted by molar-refractivity contribution is 0.183. The fourth-order valence-electron chi connectivity index (χ4n) is 2.14. The smallest absolute Gasteiger partial charge is 0.125 e. The summed E-state index contributed by atoms with van der Waals surface area (Å²) in [6.07, 6.45) is 0.791. The summed E-state index contributed by atoms with van der Waals surface area (Å²) in [7, 11) is 0. The molecule has 3 nitrogen and oxygen atoms in total. The number of halogens is 1. The largest absolute Gasteiger partial charge is 0.396 e. The minimum atomic E-state index is 0.227. The van der Waals surface area contributed by atoms with Crippen molar-refractivity contribution >= 4 is 22.9 Å². The van der Waals surface area contributed by atoms with E-state index in [9.17, 15) is 0 Å². The molecule has 21 heavy (non-hydrogen) atoms. The van der Waals surface area contributed by atoms with E-state index in [2.05, 4.69) is 24.1 Å². The fraction of sp³-hybridized carbons (Fsp3) is 0.438. The molecule has 1 aromatic heterocycles. The van der Waals surface area contributed by atoms with Crippen molar-refractivity contribution in [1.82, 2.24) is 9.88 Å². The second-order valence-corrected chi connectivity index (χ2v) is 6.53. The third-order valence-corrected chi connectivity index (χ3v) is 4.61. The Morgan fingerprint density at radius 2 is 2.10 bits per heavy atom. The van der Waals surface area contributed by atoms with Crippen molar-refractivity contribution in [2.24, 2.45) is 0 Å². The summed E-state index contributed by atoms with van der Waals surface area (Å²) in [4.78, 5) is 7.02. The van der Waals surface area contributed by atoms with Crippen molar-refractivity contribution < 1.29 is 5.11 Å². The number of hydrogen-bond donors (Lipinski definition) is 1. The second-order valence-electron chi connectivity index (χ2n) is 5.27. The molecule has 0 unspecified atom stereocenters. The van der Waals surface area contributed by atoms with Crippen LogP contribution in [-0.4, -0.2) is 34.2 Å². The van der Waals surface area contributed by atoms with Crippen molar-refractivity contribution in [3.63, 3.8) is 0 Å². The summed E-state index contributed by atoms with van der Waals surface area (Å²) < 4.78 is 0. The van der Waals surface area contributed by atoms with Gasteiger partial charge in [-0.3, -0.25) is 4.90 Å². The lowest BCUT2D eigenvalue weighted by atomic mass is 10.2. The van der Waals surface area contributed by atoms with E-state index < -0.39 is 0 Å². The average Bonchev–Trinajstić information content (AvgIpc) is 2.92. The molecule has 1 heterocycles. The van der Waals surface area contributed by atoms with Gasteiger partial charge < -0.3 is 5.11 Å². The number of nitrogens with zero attached hydrogens (tertiary/aromatic N) is 2. The highest BCUT2D eigenvalue weighted by molar-refractivity contribution is 7.13. The van der Waals surface area contributed by atoms with Gasteiger partial charge >= 0.3 is 0 Å². The van der Waals surface area contributed by atoms with E-state index in [1.54, 1.807) is 11.3 Å². The van der Waals surface area contributed by atoms with E-state index in [-0.39, 0.29) is 6.61 Å². The summed E-state index contributed by atoms with van der Waals surface area (Å²) >= 11 is 7.84. The Labute approximate surface area is 135 Å². The normalized spacial score (nSPS) is 11.5. The standard InChI is InChI=1S/C16H21ClN2OS/c1-12(2)19(8-5-9-20)10-13-11-21-16(18-13)14-6-3-4-7-15(14)17/h3-4,6-7,11-12,20H,5,8-10H2,1-2H3. The maximum absolute atomic E-state index is 8.99. The average molecular weight is 325 g/mol. The Morgan fingerprint density at radius 3 is 2.76 bits per heavy atom. The predicted octanol–water partition coefficient (Wildman–Crippen LogP) is 4.06. The third kappa shape index (κ3) is 4.51. The Bertz CT molecular complexity index is 571. The molecule has 0 aliphatic carbocycles. The number of benzene rings is 1. The molecule has 0 amide bonds. The van der Waals surface area contributed by atoms with Gasteiger partial charge in [-0.2, -0.15) is 0 Å². The highest BCUT2D eigenvalue weighted by Crippen LogP contribution is 2.30. The molecule has 0 aliphatic heterocycles. The number of aliphatic hydroxyl groups is 1. The fourth-order valence-corrected chi connectivity index (χ4v) is 3.27. The molecular weight excluding hydrogens is 304 g/mol. The van der Waals surface area contributed by atoms with Crippen molar-refractivity contribution in [2.45, 2.75) is 32.9 Å². The Hall–Kier alpha value is -0.940. The van der Waals surface area contributed by atoms with E-state index in [0.29, 0.717) is 6.04 Å². The number of hydrogen-bond acceptors (Lipinski definition) is 4. The topological polar surface area (TPSA) is 36.4 Å². The molecule has 0 bridgehead atoms. The minimum absolute atomic E-state index is 0.227. The quantitative estimate of drug-likeness (QED) is 0.834. The molecule has 0 saturated heterocycles. The zero-order valence-electron chi connectivity index (χ0n) is 12.4. The van der Waals surface area contributed by atoms with Crippen LogP contribution in [0.3, 0.4) is 0 Å². The van der Waals surface area contributed by atoms with E-state index in [1.165, 1.54) is 0 Å². The van der Waals surface area contributed by atoms with E-state index in [0.717, 1.165) is 40.8 Å². The Balaban J connectivity index is 2.10. The molecule has 0 atom stereocenters. The van der Waals surface area contributed by atoms with Gasteiger partial charge in [-0.25, -0.2) is 4.98 Å². The first kappa shape index (κ1) is 16.4. The van der Waals surface area contributed by atoms with Crippen LogP contribution in [0.15, 0.2) is 29.6 Å². The van der Waals surface area contributed by atoms with Crippen LogP contribution in [0.5, 0.6) is 0 Å². The first-order valence-electron chi connectivity index (χ1n) is 7.16. The van der Waals surface area contributed by atoms with Crippen LogP contribution in [0, 0.1) is 0 Å². The molecule has 2 aromatic rings. The highest BCUT2D eigenvalue weighted by Gasteiger charge is 2.13. The molecule has 5 heteroatoms. The third-order valence-electron chi connectivity index (χ3n) is 3.35. The van der Waals surface area contributed by atoms with Crippen LogP contribution in [0.1, 0.15) is 26.0 Å². The molecule has 0 radical (unpaired) electrons. The molecule has 1 N–H and O–H groups in total. The van der Waals surface area contributed by atoms with Gasteiger partial charge in [0.2, 0.25) is 0 Å². The van der Waals surface area contributed by atoms with Crippen molar-refractivity contribution in [3.8, 4) is 10.6 Å². The number of rotatable bonds is 7. The van der Waals surface area contributed by atoms with Crippen molar-refractivity contribution in [3.05, 3.63) is 40.4 Å². The monoisotopic (exact) mass is 324 g/mol. The maximum Gasteiger partial charge on any atom is 0.125 e. The van der Waals surface area contributed by atoms with Gasteiger partial charge in [-0.05, 0) is 26.3 Å². The van der Waals surface area contributed by atoms with Crippen LogP contribution in [0.2, 0.25) is 5.02 Å². The van der Waals surface area contributed by atoms with Gasteiger partial charge in [-0.1, -0.05) is 29.8 Å². The summed E-state index contributed by atoms with van der Waals surface area (Å²) in [6.45, 7) is 6.24. The molecule has 114 valence electrons. The van der Waals surface area contributed by atoms with Gasteiger partial charge in [0, 0.05) is 36.7 Å². The van der Waals surface area contributed by atoms with Gasteiger partial charge in [0.1, 0.15) is 5.01 Å². The lowest BCUT2D eigenvalue weighted by Crippen LogP contribution is -2.31. The van der Waals surface area contributed by atoms with E-state index in [1.807, 2.05) is 24.3 Å². The molecular formula is C16H21ClN2OS. The number of thiazole rings is 1. The summed E-state index contributed by atoms with van der Waals surface area (Å²) in [5.41, 5.74) is 2.04. The van der Waals surface area contributed by atoms with Gasteiger partial charge in [0.25, 0.3) is 0 Å². The summed E-state index contributed by atoms with van der Waals surface area (Å²) in [5.74, 6) is 0. The first-order valence-corrected chi connectivity index (χ1v) is 8.41. The van der Waals surface area contributed by atoms with Gasteiger partial charge in [0.05, 0.1) is 10.7 Å². The summed E-state index contributed by atoms with van der Waals surface area (Å²) in [6, 6.07) is 8.22. The Morgan fingerprint density at radius 1 is 1.33 bits per heavy atom. The molecule has 0 aliphatic rings. The zero-order chi connectivity index (χ0) is 15.2. The summed E-state index contributed by atoms with van der Waals surface area (Å²) in [5, 5.41) is 12.8. The number of aromatic nitrogens is 1. The zero-order valence-corrected chi connectivity index (χ0v) is 14.0. The molecule has 2 rings (SSSR count). The van der Waals surface area contributed by atoms with Crippen molar-refractivity contribution in [1.29, 1.82) is 0 Å². The molecule has 0 spiro atoms. The van der Waals surface area contributed by atoms with E-state index >= 15 is 0 Å². The minimum Gasteiger partial charge on any atom is -0.396 e. The highest BCUT2D eigenvalue weighted by atomic mass is 35.5. The second kappa shape index (κ2) is 7.90. The molecule has 1 aromatic carbocycles. The van der Waals surface area contributed by atoms with Gasteiger partial charge in [0.15, 0.2) is 0 Å².